The molecular weight excluding hydrogens is 305 g/mol. The zero-order valence-corrected chi connectivity index (χ0v) is 13.0. The van der Waals surface area contributed by atoms with Crippen molar-refractivity contribution < 1.29 is 4.39 Å². The number of fused-ring (bicyclic) bond motifs is 1. The highest BCUT2D eigenvalue weighted by atomic mass is 32.2. The van der Waals surface area contributed by atoms with Crippen LogP contribution in [0.5, 0.6) is 0 Å². The lowest BCUT2D eigenvalue weighted by Crippen LogP contribution is -1.92. The molecule has 3 nitrogen and oxygen atoms in total. The summed E-state index contributed by atoms with van der Waals surface area (Å²) < 4.78 is 14.1. The van der Waals surface area contributed by atoms with Gasteiger partial charge in [-0.15, -0.1) is 28.1 Å². The van der Waals surface area contributed by atoms with E-state index in [4.69, 9.17) is 0 Å². The molecule has 0 fully saturated rings. The van der Waals surface area contributed by atoms with Gasteiger partial charge in [0.1, 0.15) is 22.1 Å². The smallest absolute Gasteiger partial charge is 0.146 e. The van der Waals surface area contributed by atoms with Crippen molar-refractivity contribution in [3.05, 3.63) is 47.7 Å². The molecule has 21 heavy (non-hydrogen) atoms. The number of benzene rings is 1. The van der Waals surface area contributed by atoms with E-state index in [1.165, 1.54) is 12.1 Å². The summed E-state index contributed by atoms with van der Waals surface area (Å²) in [6.45, 7) is 5.67. The molecule has 0 saturated carbocycles. The summed E-state index contributed by atoms with van der Waals surface area (Å²) in [5, 5.41) is 10.4. The summed E-state index contributed by atoms with van der Waals surface area (Å²) in [7, 11) is 0. The minimum Gasteiger partial charge on any atom is -0.238 e. The van der Waals surface area contributed by atoms with E-state index in [9.17, 15) is 4.39 Å². The maximum atomic E-state index is 13.1. The van der Waals surface area contributed by atoms with E-state index in [0.29, 0.717) is 0 Å². The van der Waals surface area contributed by atoms with Gasteiger partial charge in [0, 0.05) is 11.3 Å². The predicted molar refractivity (Wildman–Crippen MR) is 86.3 cm³/mol. The molecule has 6 heteroatoms. The zero-order chi connectivity index (χ0) is 14.8. The molecule has 0 bridgehead atoms. The first-order chi connectivity index (χ1) is 10.2. The fourth-order valence-corrected chi connectivity index (χ4v) is 3.60. The van der Waals surface area contributed by atoms with Gasteiger partial charge < -0.3 is 0 Å². The minimum absolute atomic E-state index is 0.262. The molecule has 106 valence electrons. The molecule has 2 aromatic heterocycles. The number of thioether (sulfide) groups is 1. The Balaban J connectivity index is 2.16. The maximum Gasteiger partial charge on any atom is 0.146 e. The Labute approximate surface area is 129 Å². The van der Waals surface area contributed by atoms with E-state index in [-0.39, 0.29) is 5.82 Å². The maximum absolute atomic E-state index is 13.1. The van der Waals surface area contributed by atoms with Crippen LogP contribution in [0.4, 0.5) is 4.39 Å². The second-order valence-corrected chi connectivity index (χ2v) is 6.58. The Hall–Kier alpha value is -1.79. The molecule has 0 aliphatic carbocycles. The van der Waals surface area contributed by atoms with E-state index >= 15 is 0 Å². The van der Waals surface area contributed by atoms with Gasteiger partial charge in [-0.05, 0) is 31.2 Å². The number of hydrogen-bond acceptors (Lipinski definition) is 5. The van der Waals surface area contributed by atoms with Crippen molar-refractivity contribution in [3.63, 3.8) is 0 Å². The molecule has 0 atom stereocenters. The van der Waals surface area contributed by atoms with Gasteiger partial charge in [0.25, 0.3) is 0 Å². The Bertz CT molecular complexity index is 797. The van der Waals surface area contributed by atoms with E-state index in [0.717, 1.165) is 37.3 Å². The molecule has 0 aliphatic heterocycles. The van der Waals surface area contributed by atoms with Crippen molar-refractivity contribution >= 4 is 33.3 Å². The van der Waals surface area contributed by atoms with Crippen molar-refractivity contribution in [2.75, 3.05) is 5.75 Å². The molecule has 2 heterocycles. The SMILES string of the molecule is C=CCSc1nnc(-c2ccc(F)cc2)c2sc(C)nc12. The fraction of sp³-hybridized carbons (Fsp3) is 0.133. The summed E-state index contributed by atoms with van der Waals surface area (Å²) in [6.07, 6.45) is 1.82. The molecular formula is C15H12FN3S2. The first-order valence-corrected chi connectivity index (χ1v) is 8.12. The van der Waals surface area contributed by atoms with Crippen LogP contribution in [0.15, 0.2) is 41.9 Å². The molecule has 3 aromatic rings. The minimum atomic E-state index is -0.262. The third-order valence-electron chi connectivity index (χ3n) is 2.85. The Morgan fingerprint density at radius 2 is 2.05 bits per heavy atom. The number of nitrogens with zero attached hydrogens (tertiary/aromatic N) is 3. The van der Waals surface area contributed by atoms with Crippen molar-refractivity contribution in [1.82, 2.24) is 15.2 Å². The first kappa shape index (κ1) is 14.2. The summed E-state index contributed by atoms with van der Waals surface area (Å²) >= 11 is 3.14. The second kappa shape index (κ2) is 5.91. The zero-order valence-electron chi connectivity index (χ0n) is 11.3. The van der Waals surface area contributed by atoms with Crippen LogP contribution in [0.25, 0.3) is 21.5 Å². The molecule has 0 N–H and O–H groups in total. The summed E-state index contributed by atoms with van der Waals surface area (Å²) in [6, 6.07) is 6.28. The monoisotopic (exact) mass is 317 g/mol. The van der Waals surface area contributed by atoms with Gasteiger partial charge in [0.15, 0.2) is 0 Å². The summed E-state index contributed by atoms with van der Waals surface area (Å²) in [5.74, 6) is 0.498. The number of hydrogen-bond donors (Lipinski definition) is 0. The van der Waals surface area contributed by atoms with Gasteiger partial charge in [-0.25, -0.2) is 9.37 Å². The Morgan fingerprint density at radius 3 is 2.76 bits per heavy atom. The van der Waals surface area contributed by atoms with Crippen LogP contribution in [-0.2, 0) is 0 Å². The molecule has 0 spiro atoms. The molecule has 0 unspecified atom stereocenters. The number of aromatic nitrogens is 3. The van der Waals surface area contributed by atoms with E-state index < -0.39 is 0 Å². The van der Waals surface area contributed by atoms with Gasteiger partial charge in [-0.2, -0.15) is 0 Å². The van der Waals surface area contributed by atoms with Crippen LogP contribution in [0.1, 0.15) is 5.01 Å². The van der Waals surface area contributed by atoms with Gasteiger partial charge in [-0.1, -0.05) is 17.8 Å². The molecule has 0 saturated heterocycles. The number of rotatable bonds is 4. The Morgan fingerprint density at radius 1 is 1.29 bits per heavy atom. The second-order valence-electron chi connectivity index (χ2n) is 4.37. The average Bonchev–Trinajstić information content (AvgIpc) is 2.87. The fourth-order valence-electron chi connectivity index (χ4n) is 1.95. The molecule has 0 aliphatic rings. The highest BCUT2D eigenvalue weighted by Crippen LogP contribution is 2.35. The topological polar surface area (TPSA) is 38.7 Å². The number of aryl methyl sites for hydroxylation is 1. The molecule has 0 radical (unpaired) electrons. The Kier molecular flexibility index (Phi) is 3.98. The quantitative estimate of drug-likeness (QED) is 0.525. The molecule has 1 aromatic carbocycles. The van der Waals surface area contributed by atoms with Crippen LogP contribution in [-0.4, -0.2) is 20.9 Å². The third-order valence-corrected chi connectivity index (χ3v) is 4.78. The van der Waals surface area contributed by atoms with Crippen molar-refractivity contribution in [3.8, 4) is 11.3 Å². The van der Waals surface area contributed by atoms with Crippen LogP contribution < -0.4 is 0 Å². The van der Waals surface area contributed by atoms with Crippen molar-refractivity contribution in [2.45, 2.75) is 11.9 Å². The number of thiazole rings is 1. The summed E-state index contributed by atoms with van der Waals surface area (Å²) in [5.41, 5.74) is 2.45. The summed E-state index contributed by atoms with van der Waals surface area (Å²) in [4.78, 5) is 4.56. The van der Waals surface area contributed by atoms with Gasteiger partial charge in [0.05, 0.1) is 9.71 Å². The van der Waals surface area contributed by atoms with Crippen molar-refractivity contribution in [2.24, 2.45) is 0 Å². The van der Waals surface area contributed by atoms with Gasteiger partial charge >= 0.3 is 0 Å². The highest BCUT2D eigenvalue weighted by molar-refractivity contribution is 7.99. The molecule has 0 amide bonds. The normalized spacial score (nSPS) is 11.0. The molecule has 3 rings (SSSR count). The van der Waals surface area contributed by atoms with E-state index in [2.05, 4.69) is 21.8 Å². The van der Waals surface area contributed by atoms with Crippen LogP contribution in [0.3, 0.4) is 0 Å². The van der Waals surface area contributed by atoms with E-state index in [1.807, 2.05) is 13.0 Å². The lowest BCUT2D eigenvalue weighted by Gasteiger charge is -2.04. The average molecular weight is 317 g/mol. The van der Waals surface area contributed by atoms with Crippen LogP contribution >= 0.6 is 23.1 Å². The number of halogens is 1. The predicted octanol–water partition coefficient (Wildman–Crippen LogP) is 4.48. The largest absolute Gasteiger partial charge is 0.238 e. The standard InChI is InChI=1S/C15H12FN3S2/c1-3-8-20-15-13-14(21-9(2)17-13)12(18-19-15)10-4-6-11(16)7-5-10/h3-7H,1,8H2,2H3. The highest BCUT2D eigenvalue weighted by Gasteiger charge is 2.15. The lowest BCUT2D eigenvalue weighted by molar-refractivity contribution is 0.628. The van der Waals surface area contributed by atoms with Crippen molar-refractivity contribution in [1.29, 1.82) is 0 Å². The van der Waals surface area contributed by atoms with Gasteiger partial charge in [-0.3, -0.25) is 0 Å². The van der Waals surface area contributed by atoms with Crippen LogP contribution in [0.2, 0.25) is 0 Å². The van der Waals surface area contributed by atoms with Gasteiger partial charge in [0.2, 0.25) is 0 Å². The third kappa shape index (κ3) is 2.82. The first-order valence-electron chi connectivity index (χ1n) is 6.32. The van der Waals surface area contributed by atoms with Crippen LogP contribution in [0, 0.1) is 12.7 Å². The van der Waals surface area contributed by atoms with E-state index in [1.54, 1.807) is 35.2 Å². The lowest BCUT2D eigenvalue weighted by atomic mass is 10.1.